The van der Waals surface area contributed by atoms with Crippen molar-refractivity contribution in [2.75, 3.05) is 13.1 Å². The minimum absolute atomic E-state index is 0.0339. The quantitative estimate of drug-likeness (QED) is 0.815. The third-order valence-corrected chi connectivity index (χ3v) is 4.21. The van der Waals surface area contributed by atoms with Crippen molar-refractivity contribution < 1.29 is 9.90 Å². The normalized spacial score (nSPS) is 26.6. The van der Waals surface area contributed by atoms with Gasteiger partial charge in [-0.2, -0.15) is 0 Å². The molecule has 19 heavy (non-hydrogen) atoms. The molecule has 1 aliphatic heterocycles. The van der Waals surface area contributed by atoms with Gasteiger partial charge in [0.2, 0.25) is 5.91 Å². The van der Waals surface area contributed by atoms with E-state index in [9.17, 15) is 9.90 Å². The molecule has 1 aliphatic carbocycles. The van der Waals surface area contributed by atoms with E-state index in [1.165, 1.54) is 19.3 Å². The molecule has 1 saturated heterocycles. The molecular weight excluding hydrogens is 240 g/mol. The van der Waals surface area contributed by atoms with Crippen LogP contribution in [0.2, 0.25) is 0 Å². The average Bonchev–Trinajstić information content (AvgIpc) is 2.76. The van der Waals surface area contributed by atoms with Crippen LogP contribution >= 0.6 is 0 Å². The molecule has 2 fully saturated rings. The monoisotopic (exact) mass is 268 g/mol. The maximum absolute atomic E-state index is 12.4. The van der Waals surface area contributed by atoms with Crippen LogP contribution in [0.1, 0.15) is 58.8 Å². The van der Waals surface area contributed by atoms with Gasteiger partial charge in [-0.1, -0.05) is 19.3 Å². The summed E-state index contributed by atoms with van der Waals surface area (Å²) >= 11 is 0. The molecule has 4 heteroatoms. The highest BCUT2D eigenvalue weighted by Gasteiger charge is 2.34. The van der Waals surface area contributed by atoms with Crippen molar-refractivity contribution in [3.05, 3.63) is 0 Å². The summed E-state index contributed by atoms with van der Waals surface area (Å²) in [5, 5.41) is 13.1. The minimum Gasteiger partial charge on any atom is -0.389 e. The average molecular weight is 268 g/mol. The van der Waals surface area contributed by atoms with Crippen LogP contribution in [-0.4, -0.2) is 46.7 Å². The lowest BCUT2D eigenvalue weighted by Crippen LogP contribution is -2.50. The number of β-amino-alcohol motifs (C(OH)–C–C–N with tert-alkyl or cyclic N) is 1. The standard InChI is InChI=1S/C15H28N2O2/c1-15(2,19)11-17-10-6-9-13(17)14(18)16-12-7-4-3-5-8-12/h12-13,19H,3-11H2,1-2H3,(H,16,18)/t13-/m1/s1. The fourth-order valence-corrected chi connectivity index (χ4v) is 3.35. The van der Waals surface area contributed by atoms with Gasteiger partial charge in [-0.25, -0.2) is 0 Å². The van der Waals surface area contributed by atoms with Crippen molar-refractivity contribution in [3.63, 3.8) is 0 Å². The Morgan fingerprint density at radius 1 is 1.21 bits per heavy atom. The molecule has 4 nitrogen and oxygen atoms in total. The van der Waals surface area contributed by atoms with E-state index in [0.29, 0.717) is 12.6 Å². The minimum atomic E-state index is -0.728. The maximum Gasteiger partial charge on any atom is 0.237 e. The molecule has 1 amide bonds. The van der Waals surface area contributed by atoms with Crippen LogP contribution < -0.4 is 5.32 Å². The predicted octanol–water partition coefficient (Wildman–Crippen LogP) is 1.67. The molecule has 2 N–H and O–H groups in total. The predicted molar refractivity (Wildman–Crippen MR) is 75.9 cm³/mol. The molecular formula is C15H28N2O2. The molecule has 0 aromatic rings. The number of amides is 1. The summed E-state index contributed by atoms with van der Waals surface area (Å²) in [6.45, 7) is 5.12. The van der Waals surface area contributed by atoms with Gasteiger partial charge in [0.25, 0.3) is 0 Å². The van der Waals surface area contributed by atoms with E-state index in [2.05, 4.69) is 10.2 Å². The highest BCUT2D eigenvalue weighted by Crippen LogP contribution is 2.22. The van der Waals surface area contributed by atoms with Crippen molar-refractivity contribution in [3.8, 4) is 0 Å². The topological polar surface area (TPSA) is 52.6 Å². The smallest absolute Gasteiger partial charge is 0.237 e. The van der Waals surface area contributed by atoms with Crippen LogP contribution in [0, 0.1) is 0 Å². The van der Waals surface area contributed by atoms with E-state index in [1.807, 2.05) is 0 Å². The van der Waals surface area contributed by atoms with Crippen molar-refractivity contribution in [2.45, 2.75) is 76.5 Å². The molecule has 1 saturated carbocycles. The third kappa shape index (κ3) is 4.46. The Morgan fingerprint density at radius 3 is 2.53 bits per heavy atom. The number of nitrogens with one attached hydrogen (secondary N) is 1. The lowest BCUT2D eigenvalue weighted by Gasteiger charge is -2.31. The molecule has 0 aromatic heterocycles. The summed E-state index contributed by atoms with van der Waals surface area (Å²) in [5.74, 6) is 0.175. The van der Waals surface area contributed by atoms with Crippen molar-refractivity contribution in [1.29, 1.82) is 0 Å². The zero-order chi connectivity index (χ0) is 13.9. The van der Waals surface area contributed by atoms with Crippen LogP contribution in [0.3, 0.4) is 0 Å². The van der Waals surface area contributed by atoms with Gasteiger partial charge in [0.05, 0.1) is 11.6 Å². The van der Waals surface area contributed by atoms with E-state index in [0.717, 1.165) is 32.2 Å². The molecule has 1 atom stereocenters. The second-order valence-corrected chi connectivity index (χ2v) is 6.78. The molecule has 0 unspecified atom stereocenters. The summed E-state index contributed by atoms with van der Waals surface area (Å²) in [6.07, 6.45) is 8.02. The first-order chi connectivity index (χ1) is 8.96. The molecule has 0 aromatic carbocycles. The Kier molecular flexibility index (Phi) is 4.85. The fraction of sp³-hybridized carbons (Fsp3) is 0.933. The number of nitrogens with zero attached hydrogens (tertiary/aromatic N) is 1. The van der Waals surface area contributed by atoms with Gasteiger partial charge < -0.3 is 10.4 Å². The molecule has 1 heterocycles. The number of hydrogen-bond donors (Lipinski definition) is 2. The maximum atomic E-state index is 12.4. The zero-order valence-electron chi connectivity index (χ0n) is 12.3. The van der Waals surface area contributed by atoms with Crippen molar-refractivity contribution >= 4 is 5.91 Å². The molecule has 0 bridgehead atoms. The number of likely N-dealkylation sites (tertiary alicyclic amines) is 1. The molecule has 2 aliphatic rings. The second kappa shape index (κ2) is 6.23. The lowest BCUT2D eigenvalue weighted by atomic mass is 9.95. The molecule has 2 rings (SSSR count). The van der Waals surface area contributed by atoms with Gasteiger partial charge >= 0.3 is 0 Å². The van der Waals surface area contributed by atoms with Crippen molar-refractivity contribution in [2.24, 2.45) is 0 Å². The van der Waals surface area contributed by atoms with E-state index in [-0.39, 0.29) is 11.9 Å². The molecule has 0 spiro atoms. The Labute approximate surface area is 116 Å². The van der Waals surface area contributed by atoms with E-state index < -0.39 is 5.60 Å². The first-order valence-corrected chi connectivity index (χ1v) is 7.72. The summed E-state index contributed by atoms with van der Waals surface area (Å²) < 4.78 is 0. The van der Waals surface area contributed by atoms with E-state index >= 15 is 0 Å². The van der Waals surface area contributed by atoms with Gasteiger partial charge in [-0.05, 0) is 46.1 Å². The number of hydrogen-bond acceptors (Lipinski definition) is 3. The first kappa shape index (κ1) is 14.8. The van der Waals surface area contributed by atoms with Crippen LogP contribution in [0.15, 0.2) is 0 Å². The van der Waals surface area contributed by atoms with Gasteiger partial charge in [-0.15, -0.1) is 0 Å². The van der Waals surface area contributed by atoms with E-state index in [1.54, 1.807) is 13.8 Å². The Bertz CT molecular complexity index is 306. The van der Waals surface area contributed by atoms with Crippen LogP contribution in [0.5, 0.6) is 0 Å². The van der Waals surface area contributed by atoms with Crippen LogP contribution in [-0.2, 0) is 4.79 Å². The Hall–Kier alpha value is -0.610. The Morgan fingerprint density at radius 2 is 1.89 bits per heavy atom. The van der Waals surface area contributed by atoms with Gasteiger partial charge in [0.1, 0.15) is 0 Å². The van der Waals surface area contributed by atoms with Crippen LogP contribution in [0.25, 0.3) is 0 Å². The summed E-state index contributed by atoms with van der Waals surface area (Å²) in [5.41, 5.74) is -0.728. The molecule has 0 radical (unpaired) electrons. The summed E-state index contributed by atoms with van der Waals surface area (Å²) in [6, 6.07) is 0.346. The summed E-state index contributed by atoms with van der Waals surface area (Å²) in [7, 11) is 0. The first-order valence-electron chi connectivity index (χ1n) is 7.72. The lowest BCUT2D eigenvalue weighted by molar-refractivity contribution is -0.127. The van der Waals surface area contributed by atoms with Gasteiger partial charge in [0, 0.05) is 12.6 Å². The van der Waals surface area contributed by atoms with Gasteiger partial charge in [0.15, 0.2) is 0 Å². The number of carbonyl (C=O) groups is 1. The largest absolute Gasteiger partial charge is 0.389 e. The molecule has 110 valence electrons. The number of carbonyl (C=O) groups excluding carboxylic acids is 1. The summed E-state index contributed by atoms with van der Waals surface area (Å²) in [4.78, 5) is 14.5. The SMILES string of the molecule is CC(C)(O)CN1CCC[C@@H]1C(=O)NC1CCCCC1. The zero-order valence-corrected chi connectivity index (χ0v) is 12.3. The van der Waals surface area contributed by atoms with Crippen molar-refractivity contribution in [1.82, 2.24) is 10.2 Å². The fourth-order valence-electron chi connectivity index (χ4n) is 3.35. The number of aliphatic hydroxyl groups is 1. The van der Waals surface area contributed by atoms with Gasteiger partial charge in [-0.3, -0.25) is 9.69 Å². The highest BCUT2D eigenvalue weighted by atomic mass is 16.3. The number of rotatable bonds is 4. The van der Waals surface area contributed by atoms with E-state index in [4.69, 9.17) is 0 Å². The Balaban J connectivity index is 1.86. The second-order valence-electron chi connectivity index (χ2n) is 6.78. The third-order valence-electron chi connectivity index (χ3n) is 4.21. The van der Waals surface area contributed by atoms with Crippen LogP contribution in [0.4, 0.5) is 0 Å². The highest BCUT2D eigenvalue weighted by molar-refractivity contribution is 5.82.